The highest BCUT2D eigenvalue weighted by Crippen LogP contribution is 2.36. The van der Waals surface area contributed by atoms with Gasteiger partial charge in [0.05, 0.1) is 13.5 Å². The predicted molar refractivity (Wildman–Crippen MR) is 110 cm³/mol. The van der Waals surface area contributed by atoms with Gasteiger partial charge in [0, 0.05) is 25.2 Å². The van der Waals surface area contributed by atoms with E-state index < -0.39 is 0 Å². The molecular weight excluding hydrogens is 352 g/mol. The largest absolute Gasteiger partial charge is 0.497 e. The molecule has 5 heteroatoms. The van der Waals surface area contributed by atoms with E-state index in [0.29, 0.717) is 18.9 Å². The molecule has 0 radical (unpaired) electrons. The molecule has 3 rings (SSSR count). The molecular formula is C23H28N2O3. The number of carbonyl (C=O) groups is 2. The Morgan fingerprint density at radius 1 is 1.07 bits per heavy atom. The van der Waals surface area contributed by atoms with Crippen molar-refractivity contribution in [3.05, 3.63) is 59.7 Å². The number of rotatable bonds is 8. The molecule has 5 nitrogen and oxygen atoms in total. The van der Waals surface area contributed by atoms with Gasteiger partial charge in [0.15, 0.2) is 0 Å². The topological polar surface area (TPSA) is 58.6 Å². The number of benzene rings is 2. The van der Waals surface area contributed by atoms with Crippen LogP contribution in [0.1, 0.15) is 37.8 Å². The zero-order chi connectivity index (χ0) is 20.1. The van der Waals surface area contributed by atoms with Crippen LogP contribution < -0.4 is 10.1 Å². The lowest BCUT2D eigenvalue weighted by atomic mass is 10.1. The van der Waals surface area contributed by atoms with Crippen molar-refractivity contribution in [1.82, 2.24) is 4.90 Å². The number of nitrogens with one attached hydrogen (secondary N) is 1. The van der Waals surface area contributed by atoms with Crippen LogP contribution in [0.5, 0.6) is 5.75 Å². The number of carbonyl (C=O) groups excluding carboxylic acids is 2. The second-order valence-corrected chi connectivity index (χ2v) is 7.50. The van der Waals surface area contributed by atoms with Gasteiger partial charge in [-0.25, -0.2) is 0 Å². The van der Waals surface area contributed by atoms with Crippen LogP contribution in [-0.2, 0) is 22.6 Å². The second-order valence-electron chi connectivity index (χ2n) is 7.50. The molecule has 0 spiro atoms. The molecule has 2 aromatic carbocycles. The van der Waals surface area contributed by atoms with Crippen molar-refractivity contribution in [1.29, 1.82) is 0 Å². The number of hydrogen-bond acceptors (Lipinski definition) is 3. The molecule has 1 atom stereocenters. The van der Waals surface area contributed by atoms with E-state index in [1.54, 1.807) is 7.11 Å². The average molecular weight is 380 g/mol. The summed E-state index contributed by atoms with van der Waals surface area (Å²) in [6.07, 6.45) is 2.74. The third-order valence-electron chi connectivity index (χ3n) is 5.26. The van der Waals surface area contributed by atoms with Crippen molar-refractivity contribution in [2.75, 3.05) is 12.4 Å². The fourth-order valence-electron chi connectivity index (χ4n) is 3.41. The van der Waals surface area contributed by atoms with E-state index in [2.05, 4.69) is 12.2 Å². The summed E-state index contributed by atoms with van der Waals surface area (Å²) in [4.78, 5) is 26.3. The van der Waals surface area contributed by atoms with Crippen molar-refractivity contribution >= 4 is 17.5 Å². The van der Waals surface area contributed by atoms with Crippen LogP contribution in [0, 0.1) is 5.92 Å². The molecule has 28 heavy (non-hydrogen) atoms. The highest BCUT2D eigenvalue weighted by atomic mass is 16.5. The van der Waals surface area contributed by atoms with Gasteiger partial charge in [-0.3, -0.25) is 9.59 Å². The van der Waals surface area contributed by atoms with E-state index in [-0.39, 0.29) is 17.9 Å². The lowest BCUT2D eigenvalue weighted by Crippen LogP contribution is -2.40. The van der Waals surface area contributed by atoms with E-state index in [4.69, 9.17) is 4.74 Å². The first kappa shape index (κ1) is 19.9. The monoisotopic (exact) mass is 380 g/mol. The summed E-state index contributed by atoms with van der Waals surface area (Å²) in [6.45, 7) is 4.23. The van der Waals surface area contributed by atoms with Gasteiger partial charge in [0.2, 0.25) is 11.8 Å². The van der Waals surface area contributed by atoms with Crippen molar-refractivity contribution < 1.29 is 14.3 Å². The fourth-order valence-corrected chi connectivity index (χ4v) is 3.41. The maximum absolute atomic E-state index is 13.1. The quantitative estimate of drug-likeness (QED) is 0.752. The fraction of sp³-hybridized carbons (Fsp3) is 0.391. The van der Waals surface area contributed by atoms with Crippen LogP contribution in [0.15, 0.2) is 48.5 Å². The van der Waals surface area contributed by atoms with Crippen molar-refractivity contribution in [2.24, 2.45) is 5.92 Å². The molecule has 0 saturated heterocycles. The molecule has 0 bridgehead atoms. The smallest absolute Gasteiger partial charge is 0.227 e. The number of ether oxygens (including phenoxy) is 1. The summed E-state index contributed by atoms with van der Waals surface area (Å²) in [5, 5.41) is 2.75. The molecule has 1 aliphatic carbocycles. The van der Waals surface area contributed by atoms with E-state index in [0.717, 1.165) is 22.6 Å². The third kappa shape index (κ3) is 5.35. The number of hydrogen-bond donors (Lipinski definition) is 1. The van der Waals surface area contributed by atoms with E-state index in [9.17, 15) is 9.59 Å². The molecule has 1 saturated carbocycles. The summed E-state index contributed by atoms with van der Waals surface area (Å²) in [5.74, 6) is 1.44. The van der Waals surface area contributed by atoms with Crippen LogP contribution in [0.3, 0.4) is 0 Å². The molecule has 1 aliphatic rings. The highest BCUT2D eigenvalue weighted by Gasteiger charge is 2.34. The van der Waals surface area contributed by atoms with Gasteiger partial charge < -0.3 is 15.0 Å². The summed E-state index contributed by atoms with van der Waals surface area (Å²) < 4.78 is 5.22. The van der Waals surface area contributed by atoms with Gasteiger partial charge in [-0.05, 0) is 61.1 Å². The van der Waals surface area contributed by atoms with E-state index >= 15 is 0 Å². The van der Waals surface area contributed by atoms with Crippen LogP contribution >= 0.6 is 0 Å². The normalized spacial score (nSPS) is 14.2. The SMILES string of the molecule is COc1ccc(CN(C(=O)Cc2ccc(NC(C)=O)cc2)C(C)C2CC2)cc1. The first-order chi connectivity index (χ1) is 13.5. The first-order valence-corrected chi connectivity index (χ1v) is 9.75. The predicted octanol–water partition coefficient (Wildman–Crippen LogP) is 4.02. The Bertz CT molecular complexity index is 811. The van der Waals surface area contributed by atoms with Crippen molar-refractivity contribution in [3.8, 4) is 5.75 Å². The minimum absolute atomic E-state index is 0.104. The van der Waals surface area contributed by atoms with Crippen LogP contribution in [0.25, 0.3) is 0 Å². The molecule has 1 N–H and O–H groups in total. The van der Waals surface area contributed by atoms with Crippen LogP contribution in [0.2, 0.25) is 0 Å². The van der Waals surface area contributed by atoms with Gasteiger partial charge in [-0.2, -0.15) is 0 Å². The van der Waals surface area contributed by atoms with Crippen LogP contribution in [-0.4, -0.2) is 29.9 Å². The highest BCUT2D eigenvalue weighted by molar-refractivity contribution is 5.88. The standard InChI is InChI=1S/C23H28N2O3/c1-16(20-8-9-20)25(15-19-6-12-22(28-3)13-7-19)23(27)14-18-4-10-21(11-5-18)24-17(2)26/h4-7,10-13,16,20H,8-9,14-15H2,1-3H3,(H,24,26). The molecule has 148 valence electrons. The zero-order valence-corrected chi connectivity index (χ0v) is 16.8. The maximum Gasteiger partial charge on any atom is 0.227 e. The Morgan fingerprint density at radius 3 is 2.21 bits per heavy atom. The molecule has 2 amide bonds. The maximum atomic E-state index is 13.1. The Kier molecular flexibility index (Phi) is 6.34. The molecule has 0 aromatic heterocycles. The van der Waals surface area contributed by atoms with Crippen molar-refractivity contribution in [2.45, 2.75) is 45.7 Å². The Hall–Kier alpha value is -2.82. The molecule has 1 unspecified atom stereocenters. The Morgan fingerprint density at radius 2 is 1.68 bits per heavy atom. The van der Waals surface area contributed by atoms with Gasteiger partial charge >= 0.3 is 0 Å². The number of methoxy groups -OCH3 is 1. The molecule has 1 fully saturated rings. The summed E-state index contributed by atoms with van der Waals surface area (Å²) in [5.41, 5.74) is 2.79. The average Bonchev–Trinajstić information content (AvgIpc) is 3.52. The van der Waals surface area contributed by atoms with Gasteiger partial charge in [0.1, 0.15) is 5.75 Å². The Balaban J connectivity index is 1.70. The minimum Gasteiger partial charge on any atom is -0.497 e. The lowest BCUT2D eigenvalue weighted by molar-refractivity contribution is -0.133. The van der Waals surface area contributed by atoms with Gasteiger partial charge in [-0.1, -0.05) is 24.3 Å². The van der Waals surface area contributed by atoms with Gasteiger partial charge in [0.25, 0.3) is 0 Å². The molecule has 0 heterocycles. The number of nitrogens with zero attached hydrogens (tertiary/aromatic N) is 1. The van der Waals surface area contributed by atoms with E-state index in [1.807, 2.05) is 53.4 Å². The molecule has 2 aromatic rings. The number of amides is 2. The van der Waals surface area contributed by atoms with Crippen molar-refractivity contribution in [3.63, 3.8) is 0 Å². The number of anilines is 1. The Labute approximate surface area is 166 Å². The summed E-state index contributed by atoms with van der Waals surface area (Å²) >= 11 is 0. The van der Waals surface area contributed by atoms with E-state index in [1.165, 1.54) is 19.8 Å². The zero-order valence-electron chi connectivity index (χ0n) is 16.8. The minimum atomic E-state index is -0.104. The third-order valence-corrected chi connectivity index (χ3v) is 5.26. The van der Waals surface area contributed by atoms with Gasteiger partial charge in [-0.15, -0.1) is 0 Å². The second kappa shape index (κ2) is 8.91. The summed E-state index contributed by atoms with van der Waals surface area (Å²) in [7, 11) is 1.65. The lowest BCUT2D eigenvalue weighted by Gasteiger charge is -2.30. The van der Waals surface area contributed by atoms with Crippen LogP contribution in [0.4, 0.5) is 5.69 Å². The first-order valence-electron chi connectivity index (χ1n) is 9.75. The molecule has 0 aliphatic heterocycles. The summed E-state index contributed by atoms with van der Waals surface area (Å²) in [6, 6.07) is 15.6.